The van der Waals surface area contributed by atoms with E-state index in [0.29, 0.717) is 5.57 Å². The maximum absolute atomic E-state index is 10.5. The van der Waals surface area contributed by atoms with Crippen LogP contribution in [-0.4, -0.2) is 31.4 Å². The van der Waals surface area contributed by atoms with Gasteiger partial charge in [-0.1, -0.05) is 6.58 Å². The fourth-order valence-corrected chi connectivity index (χ4v) is 0.890. The van der Waals surface area contributed by atoms with E-state index in [4.69, 9.17) is 5.73 Å². The van der Waals surface area contributed by atoms with Gasteiger partial charge in [-0.05, 0) is 39.9 Å². The van der Waals surface area contributed by atoms with Gasteiger partial charge in [0.1, 0.15) is 0 Å². The molecule has 0 fully saturated rings. The number of hydrogen-bond donors (Lipinski definition) is 1. The van der Waals surface area contributed by atoms with Crippen LogP contribution in [0.15, 0.2) is 12.2 Å². The Morgan fingerprint density at radius 2 is 2.00 bits per heavy atom. The third kappa shape index (κ3) is 5.92. The van der Waals surface area contributed by atoms with Crippen molar-refractivity contribution >= 4 is 5.91 Å². The van der Waals surface area contributed by atoms with Crippen molar-refractivity contribution in [3.8, 4) is 0 Å². The summed E-state index contributed by atoms with van der Waals surface area (Å²) in [5.41, 5.74) is 5.56. The number of nitrogens with zero attached hydrogens (tertiary/aromatic N) is 1. The van der Waals surface area contributed by atoms with Gasteiger partial charge in [0.05, 0.1) is 0 Å². The van der Waals surface area contributed by atoms with Gasteiger partial charge in [0.15, 0.2) is 0 Å². The molecule has 0 rings (SSSR count). The Hall–Kier alpha value is -0.830. The van der Waals surface area contributed by atoms with Crippen molar-refractivity contribution < 1.29 is 4.79 Å². The maximum Gasteiger partial charge on any atom is 0.244 e. The van der Waals surface area contributed by atoms with Gasteiger partial charge in [-0.25, -0.2) is 0 Å². The molecule has 2 N–H and O–H groups in total. The molecule has 0 bridgehead atoms. The van der Waals surface area contributed by atoms with E-state index in [0.717, 1.165) is 25.8 Å². The molecule has 0 aromatic heterocycles. The highest BCUT2D eigenvalue weighted by atomic mass is 16.1. The zero-order valence-corrected chi connectivity index (χ0v) is 7.97. The summed E-state index contributed by atoms with van der Waals surface area (Å²) in [5.74, 6) is -0.375. The molecular formula is C9H18N2O. The van der Waals surface area contributed by atoms with Crippen molar-refractivity contribution in [2.75, 3.05) is 20.6 Å². The van der Waals surface area contributed by atoms with Crippen LogP contribution in [0.25, 0.3) is 0 Å². The lowest BCUT2D eigenvalue weighted by atomic mass is 10.1. The van der Waals surface area contributed by atoms with E-state index >= 15 is 0 Å². The lowest BCUT2D eigenvalue weighted by molar-refractivity contribution is -0.114. The van der Waals surface area contributed by atoms with Gasteiger partial charge in [-0.3, -0.25) is 4.79 Å². The molecule has 3 heteroatoms. The first-order chi connectivity index (χ1) is 5.54. The number of unbranched alkanes of at least 4 members (excludes halogenated alkanes) is 1. The van der Waals surface area contributed by atoms with Crippen molar-refractivity contribution in [3.05, 3.63) is 12.2 Å². The third-order valence-electron chi connectivity index (χ3n) is 1.68. The van der Waals surface area contributed by atoms with Crippen LogP contribution in [-0.2, 0) is 4.79 Å². The minimum atomic E-state index is -0.375. The second kappa shape index (κ2) is 5.77. The van der Waals surface area contributed by atoms with Gasteiger partial charge in [0, 0.05) is 5.57 Å². The summed E-state index contributed by atoms with van der Waals surface area (Å²) in [7, 11) is 4.06. The number of primary amides is 1. The molecule has 3 nitrogen and oxygen atoms in total. The quantitative estimate of drug-likeness (QED) is 0.472. The van der Waals surface area contributed by atoms with E-state index < -0.39 is 0 Å². The van der Waals surface area contributed by atoms with Gasteiger partial charge >= 0.3 is 0 Å². The topological polar surface area (TPSA) is 46.3 Å². The first-order valence-electron chi connectivity index (χ1n) is 4.16. The summed E-state index contributed by atoms with van der Waals surface area (Å²) in [6, 6.07) is 0. The maximum atomic E-state index is 10.5. The molecule has 1 amide bonds. The van der Waals surface area contributed by atoms with Crippen LogP contribution in [0.3, 0.4) is 0 Å². The molecule has 70 valence electrons. The minimum absolute atomic E-state index is 0.375. The minimum Gasteiger partial charge on any atom is -0.366 e. The summed E-state index contributed by atoms with van der Waals surface area (Å²) < 4.78 is 0. The standard InChI is InChI=1S/C9H18N2O/c1-8(9(10)12)6-4-5-7-11(2)3/h1,4-7H2,2-3H3,(H2,10,12). The summed E-state index contributed by atoms with van der Waals surface area (Å²) in [4.78, 5) is 12.7. The summed E-state index contributed by atoms with van der Waals surface area (Å²) in [6.45, 7) is 4.63. The second-order valence-corrected chi connectivity index (χ2v) is 3.23. The number of rotatable bonds is 6. The Balaban J connectivity index is 3.32. The highest BCUT2D eigenvalue weighted by Crippen LogP contribution is 2.04. The van der Waals surface area contributed by atoms with Crippen molar-refractivity contribution in [2.24, 2.45) is 5.73 Å². The van der Waals surface area contributed by atoms with Crippen molar-refractivity contribution in [1.82, 2.24) is 4.90 Å². The van der Waals surface area contributed by atoms with E-state index in [9.17, 15) is 4.79 Å². The van der Waals surface area contributed by atoms with Crippen LogP contribution in [0.5, 0.6) is 0 Å². The smallest absolute Gasteiger partial charge is 0.244 e. The number of nitrogens with two attached hydrogens (primary N) is 1. The number of carbonyl (C=O) groups is 1. The second-order valence-electron chi connectivity index (χ2n) is 3.23. The zero-order chi connectivity index (χ0) is 9.56. The molecule has 0 aliphatic heterocycles. The molecule has 12 heavy (non-hydrogen) atoms. The van der Waals surface area contributed by atoms with Gasteiger partial charge < -0.3 is 10.6 Å². The number of amides is 1. The Bertz CT molecular complexity index is 164. The van der Waals surface area contributed by atoms with E-state index in [-0.39, 0.29) is 5.91 Å². The first kappa shape index (κ1) is 11.2. The number of carbonyl (C=O) groups excluding carboxylic acids is 1. The van der Waals surface area contributed by atoms with Crippen molar-refractivity contribution in [1.29, 1.82) is 0 Å². The lowest BCUT2D eigenvalue weighted by Gasteiger charge is -2.08. The fourth-order valence-electron chi connectivity index (χ4n) is 0.890. The highest BCUT2D eigenvalue weighted by Gasteiger charge is 2.00. The Morgan fingerprint density at radius 1 is 1.42 bits per heavy atom. The van der Waals surface area contributed by atoms with Crippen LogP contribution >= 0.6 is 0 Å². The summed E-state index contributed by atoms with van der Waals surface area (Å²) in [6.07, 6.45) is 2.79. The average Bonchev–Trinajstić information content (AvgIpc) is 1.97. The molecule has 0 aliphatic rings. The van der Waals surface area contributed by atoms with Crippen molar-refractivity contribution in [3.63, 3.8) is 0 Å². The molecule has 0 unspecified atom stereocenters. The van der Waals surface area contributed by atoms with Crippen LogP contribution in [0.2, 0.25) is 0 Å². The molecule has 0 radical (unpaired) electrons. The largest absolute Gasteiger partial charge is 0.366 e. The average molecular weight is 170 g/mol. The number of hydrogen-bond acceptors (Lipinski definition) is 2. The van der Waals surface area contributed by atoms with E-state index in [1.54, 1.807) is 0 Å². The lowest BCUT2D eigenvalue weighted by Crippen LogP contribution is -2.15. The van der Waals surface area contributed by atoms with Crippen LogP contribution < -0.4 is 5.73 Å². The SMILES string of the molecule is C=C(CCCCN(C)C)C(N)=O. The Labute approximate surface area is 74.2 Å². The molecule has 0 atom stereocenters. The van der Waals surface area contributed by atoms with Gasteiger partial charge in [0.2, 0.25) is 5.91 Å². The van der Waals surface area contributed by atoms with Crippen LogP contribution in [0.1, 0.15) is 19.3 Å². The normalized spacial score (nSPS) is 10.2. The van der Waals surface area contributed by atoms with Crippen molar-refractivity contribution in [2.45, 2.75) is 19.3 Å². The van der Waals surface area contributed by atoms with Crippen LogP contribution in [0.4, 0.5) is 0 Å². The van der Waals surface area contributed by atoms with Gasteiger partial charge in [-0.15, -0.1) is 0 Å². The predicted octanol–water partition coefficient (Wildman–Crippen LogP) is 0.760. The Morgan fingerprint density at radius 3 is 2.42 bits per heavy atom. The van der Waals surface area contributed by atoms with E-state index in [2.05, 4.69) is 11.5 Å². The van der Waals surface area contributed by atoms with Crippen LogP contribution in [0, 0.1) is 0 Å². The van der Waals surface area contributed by atoms with E-state index in [1.807, 2.05) is 14.1 Å². The van der Waals surface area contributed by atoms with Gasteiger partial charge in [-0.2, -0.15) is 0 Å². The monoisotopic (exact) mass is 170 g/mol. The molecule has 0 saturated carbocycles. The van der Waals surface area contributed by atoms with Gasteiger partial charge in [0.25, 0.3) is 0 Å². The summed E-state index contributed by atoms with van der Waals surface area (Å²) >= 11 is 0. The molecule has 0 aromatic carbocycles. The molecular weight excluding hydrogens is 152 g/mol. The molecule has 0 saturated heterocycles. The zero-order valence-electron chi connectivity index (χ0n) is 7.97. The van der Waals surface area contributed by atoms with E-state index in [1.165, 1.54) is 0 Å². The Kier molecular flexibility index (Phi) is 5.37. The summed E-state index contributed by atoms with van der Waals surface area (Å²) in [5, 5.41) is 0. The highest BCUT2D eigenvalue weighted by molar-refractivity contribution is 5.91. The molecule has 0 aromatic rings. The first-order valence-corrected chi connectivity index (χ1v) is 4.16. The third-order valence-corrected chi connectivity index (χ3v) is 1.68. The fraction of sp³-hybridized carbons (Fsp3) is 0.667. The molecule has 0 heterocycles. The molecule has 0 aliphatic carbocycles. The predicted molar refractivity (Wildman–Crippen MR) is 50.7 cm³/mol. The molecule has 0 spiro atoms.